The lowest BCUT2D eigenvalue weighted by Crippen LogP contribution is -2.46. The lowest BCUT2D eigenvalue weighted by atomic mass is 10.0. The highest BCUT2D eigenvalue weighted by molar-refractivity contribution is 5.68. The highest BCUT2D eigenvalue weighted by atomic mass is 19.1. The Kier molecular flexibility index (Phi) is 5.67. The number of hydrogen-bond donors (Lipinski definition) is 1. The summed E-state index contributed by atoms with van der Waals surface area (Å²) in [4.78, 5) is 6.44. The topological polar surface area (TPSA) is 46.0 Å². The molecule has 1 aliphatic rings. The number of anilines is 1. The van der Waals surface area contributed by atoms with Gasteiger partial charge < -0.3 is 10.2 Å². The molecule has 0 saturated carbocycles. The van der Waals surface area contributed by atoms with Gasteiger partial charge in [0.15, 0.2) is 0 Å². The van der Waals surface area contributed by atoms with E-state index >= 15 is 0 Å². The Hall–Kier alpha value is -2.73. The van der Waals surface area contributed by atoms with Crippen molar-refractivity contribution in [3.05, 3.63) is 67.0 Å². The molecule has 1 atom stereocenters. The predicted octanol–water partition coefficient (Wildman–Crippen LogP) is 3.73. The Balaban J connectivity index is 1.33. The van der Waals surface area contributed by atoms with Crippen LogP contribution in [0.25, 0.3) is 11.1 Å². The summed E-state index contributed by atoms with van der Waals surface area (Å²) in [6, 6.07) is 16.1. The Morgan fingerprint density at radius 2 is 1.89 bits per heavy atom. The number of benzene rings is 2. The van der Waals surface area contributed by atoms with Crippen LogP contribution in [0.3, 0.4) is 0 Å². The minimum Gasteiger partial charge on any atom is -0.371 e. The molecule has 6 heteroatoms. The third kappa shape index (κ3) is 4.57. The van der Waals surface area contributed by atoms with E-state index in [-0.39, 0.29) is 5.82 Å². The molecule has 0 radical (unpaired) electrons. The second-order valence-electron chi connectivity index (χ2n) is 7.50. The Morgan fingerprint density at radius 3 is 2.61 bits per heavy atom. The average Bonchev–Trinajstić information content (AvgIpc) is 3.22. The summed E-state index contributed by atoms with van der Waals surface area (Å²) in [7, 11) is 0. The van der Waals surface area contributed by atoms with E-state index in [0.717, 1.165) is 43.6 Å². The van der Waals surface area contributed by atoms with E-state index in [4.69, 9.17) is 0 Å². The molecule has 2 heterocycles. The SMILES string of the molecule is C[C@H](Cn1cncn1)NC1CCN(c2cccc(-c3ccc(F)cc3)c2)CC1. The third-order valence-corrected chi connectivity index (χ3v) is 5.33. The first kappa shape index (κ1) is 18.6. The van der Waals surface area contributed by atoms with E-state index in [1.54, 1.807) is 12.7 Å². The van der Waals surface area contributed by atoms with Crippen molar-refractivity contribution in [3.8, 4) is 11.1 Å². The first-order valence-electron chi connectivity index (χ1n) is 9.87. The van der Waals surface area contributed by atoms with Gasteiger partial charge in [-0.25, -0.2) is 9.37 Å². The van der Waals surface area contributed by atoms with Crippen LogP contribution in [0.2, 0.25) is 0 Å². The lowest BCUT2D eigenvalue weighted by molar-refractivity contribution is 0.348. The molecule has 3 aromatic rings. The summed E-state index contributed by atoms with van der Waals surface area (Å²) in [5.74, 6) is -0.201. The molecule has 0 amide bonds. The monoisotopic (exact) mass is 379 g/mol. The molecule has 1 aliphatic heterocycles. The van der Waals surface area contributed by atoms with Crippen LogP contribution in [0.4, 0.5) is 10.1 Å². The van der Waals surface area contributed by atoms with Crippen LogP contribution in [0, 0.1) is 5.82 Å². The number of rotatable bonds is 6. The molecule has 1 N–H and O–H groups in total. The Bertz CT molecular complexity index is 870. The van der Waals surface area contributed by atoms with Crippen LogP contribution in [0.1, 0.15) is 19.8 Å². The quantitative estimate of drug-likeness (QED) is 0.709. The van der Waals surface area contributed by atoms with Gasteiger partial charge in [-0.3, -0.25) is 4.68 Å². The largest absolute Gasteiger partial charge is 0.371 e. The number of nitrogens with zero attached hydrogens (tertiary/aromatic N) is 4. The van der Waals surface area contributed by atoms with Gasteiger partial charge in [-0.05, 0) is 55.2 Å². The van der Waals surface area contributed by atoms with Gasteiger partial charge in [-0.1, -0.05) is 24.3 Å². The molecule has 28 heavy (non-hydrogen) atoms. The summed E-state index contributed by atoms with van der Waals surface area (Å²) in [6.45, 7) is 5.08. The van der Waals surface area contributed by atoms with Crippen molar-refractivity contribution in [2.24, 2.45) is 0 Å². The van der Waals surface area contributed by atoms with Gasteiger partial charge in [0.2, 0.25) is 0 Å². The zero-order valence-electron chi connectivity index (χ0n) is 16.1. The van der Waals surface area contributed by atoms with Crippen molar-refractivity contribution < 1.29 is 4.39 Å². The maximum absolute atomic E-state index is 13.2. The van der Waals surface area contributed by atoms with E-state index < -0.39 is 0 Å². The normalized spacial score (nSPS) is 16.3. The summed E-state index contributed by atoms with van der Waals surface area (Å²) in [5, 5.41) is 7.90. The van der Waals surface area contributed by atoms with Crippen molar-refractivity contribution in [3.63, 3.8) is 0 Å². The fourth-order valence-electron chi connectivity index (χ4n) is 3.89. The maximum atomic E-state index is 13.2. The molecular formula is C22H26FN5. The van der Waals surface area contributed by atoms with Gasteiger partial charge in [0.25, 0.3) is 0 Å². The first-order valence-corrected chi connectivity index (χ1v) is 9.87. The van der Waals surface area contributed by atoms with Gasteiger partial charge >= 0.3 is 0 Å². The van der Waals surface area contributed by atoms with Crippen molar-refractivity contribution in [2.75, 3.05) is 18.0 Å². The number of hydrogen-bond acceptors (Lipinski definition) is 4. The summed E-state index contributed by atoms with van der Waals surface area (Å²) in [6.07, 6.45) is 5.56. The fourth-order valence-corrected chi connectivity index (χ4v) is 3.89. The van der Waals surface area contributed by atoms with Crippen LogP contribution in [0.5, 0.6) is 0 Å². The molecule has 5 nitrogen and oxygen atoms in total. The van der Waals surface area contributed by atoms with E-state index in [2.05, 4.69) is 51.5 Å². The van der Waals surface area contributed by atoms with Gasteiger partial charge in [-0.15, -0.1) is 0 Å². The van der Waals surface area contributed by atoms with Gasteiger partial charge in [0, 0.05) is 30.9 Å². The lowest BCUT2D eigenvalue weighted by Gasteiger charge is -2.35. The van der Waals surface area contributed by atoms with Crippen molar-refractivity contribution in [1.29, 1.82) is 0 Å². The van der Waals surface area contributed by atoms with Gasteiger partial charge in [0.1, 0.15) is 18.5 Å². The zero-order chi connectivity index (χ0) is 19.3. The molecule has 1 aromatic heterocycles. The Labute approximate surface area is 165 Å². The maximum Gasteiger partial charge on any atom is 0.137 e. The molecule has 146 valence electrons. The van der Waals surface area contributed by atoms with E-state index in [1.165, 1.54) is 17.8 Å². The van der Waals surface area contributed by atoms with Crippen molar-refractivity contribution in [2.45, 2.75) is 38.4 Å². The van der Waals surface area contributed by atoms with E-state index in [0.29, 0.717) is 12.1 Å². The molecule has 1 saturated heterocycles. The number of piperidine rings is 1. The van der Waals surface area contributed by atoms with Crippen LogP contribution in [-0.4, -0.2) is 39.9 Å². The molecule has 1 fully saturated rings. The number of nitrogens with one attached hydrogen (secondary N) is 1. The predicted molar refractivity (Wildman–Crippen MR) is 110 cm³/mol. The highest BCUT2D eigenvalue weighted by Crippen LogP contribution is 2.27. The minimum absolute atomic E-state index is 0.201. The second-order valence-corrected chi connectivity index (χ2v) is 7.50. The molecular weight excluding hydrogens is 353 g/mol. The fraction of sp³-hybridized carbons (Fsp3) is 0.364. The molecule has 0 aliphatic carbocycles. The molecule has 0 bridgehead atoms. The van der Waals surface area contributed by atoms with Crippen LogP contribution in [0.15, 0.2) is 61.2 Å². The third-order valence-electron chi connectivity index (χ3n) is 5.33. The van der Waals surface area contributed by atoms with Crippen LogP contribution >= 0.6 is 0 Å². The van der Waals surface area contributed by atoms with Crippen LogP contribution in [-0.2, 0) is 6.54 Å². The molecule has 4 rings (SSSR count). The molecule has 0 spiro atoms. The Morgan fingerprint density at radius 1 is 1.11 bits per heavy atom. The first-order chi connectivity index (χ1) is 13.7. The average molecular weight is 379 g/mol. The summed E-state index contributed by atoms with van der Waals surface area (Å²) in [5.41, 5.74) is 3.40. The summed E-state index contributed by atoms with van der Waals surface area (Å²) < 4.78 is 15.1. The zero-order valence-corrected chi connectivity index (χ0v) is 16.1. The van der Waals surface area contributed by atoms with Gasteiger partial charge in [0.05, 0.1) is 6.54 Å². The standard InChI is InChI=1S/C22H26FN5/c1-17(14-28-16-24-15-25-28)26-21-9-11-27(12-10-21)22-4-2-3-19(13-22)18-5-7-20(23)8-6-18/h2-8,13,15-17,21,26H,9-12,14H2,1H3/t17-/m1/s1. The van der Waals surface area contributed by atoms with Crippen molar-refractivity contribution in [1.82, 2.24) is 20.1 Å². The summed E-state index contributed by atoms with van der Waals surface area (Å²) >= 11 is 0. The number of halogens is 1. The van der Waals surface area contributed by atoms with E-state index in [9.17, 15) is 4.39 Å². The van der Waals surface area contributed by atoms with Crippen molar-refractivity contribution >= 4 is 5.69 Å². The van der Waals surface area contributed by atoms with Gasteiger partial charge in [-0.2, -0.15) is 5.10 Å². The molecule has 0 unspecified atom stereocenters. The smallest absolute Gasteiger partial charge is 0.137 e. The van der Waals surface area contributed by atoms with Crippen LogP contribution < -0.4 is 10.2 Å². The minimum atomic E-state index is -0.201. The highest BCUT2D eigenvalue weighted by Gasteiger charge is 2.21. The second kappa shape index (κ2) is 8.52. The number of aromatic nitrogens is 3. The molecule has 2 aromatic carbocycles. The van der Waals surface area contributed by atoms with E-state index in [1.807, 2.05) is 16.8 Å².